The first-order chi connectivity index (χ1) is 5.27. The van der Waals surface area contributed by atoms with E-state index in [9.17, 15) is 0 Å². The van der Waals surface area contributed by atoms with Crippen LogP contribution >= 0.6 is 12.6 Å². The molecule has 3 aliphatic rings. The molecule has 3 heterocycles. The van der Waals surface area contributed by atoms with Crippen LogP contribution in [0.1, 0.15) is 19.8 Å². The maximum absolute atomic E-state index is 4.47. The predicted octanol–water partition coefficient (Wildman–Crippen LogP) is 0.698. The summed E-state index contributed by atoms with van der Waals surface area (Å²) in [7, 11) is 0. The van der Waals surface area contributed by atoms with Crippen molar-refractivity contribution in [3.8, 4) is 0 Å². The van der Waals surface area contributed by atoms with Crippen LogP contribution in [0.3, 0.4) is 0 Å². The Morgan fingerprint density at radius 3 is 2.64 bits per heavy atom. The summed E-state index contributed by atoms with van der Waals surface area (Å²) in [6.07, 6.45) is 2.73. The van der Waals surface area contributed by atoms with E-state index in [1.165, 1.54) is 25.9 Å². The fourth-order valence-electron chi connectivity index (χ4n) is 2.20. The number of nitrogens with zero attached hydrogens (tertiary/aromatic N) is 1. The minimum absolute atomic E-state index is 0.435. The van der Waals surface area contributed by atoms with Crippen molar-refractivity contribution in [2.24, 2.45) is 0 Å². The first-order valence-corrected chi connectivity index (χ1v) is 4.96. The smallest absolute Gasteiger partial charge is 0.0503 e. The lowest BCUT2D eigenvalue weighted by Gasteiger charge is -2.47. The molecule has 3 aliphatic heterocycles. The number of rotatable bonds is 1. The van der Waals surface area contributed by atoms with Gasteiger partial charge >= 0.3 is 0 Å². The van der Waals surface area contributed by atoms with Crippen LogP contribution in [0.15, 0.2) is 0 Å². The van der Waals surface area contributed by atoms with Gasteiger partial charge in [0.15, 0.2) is 0 Å². The molecule has 2 nitrogen and oxygen atoms in total. The van der Waals surface area contributed by atoms with E-state index in [0.717, 1.165) is 12.1 Å². The third-order valence-corrected chi connectivity index (χ3v) is 3.17. The monoisotopic (exact) mass is 172 g/mol. The quantitative estimate of drug-likeness (QED) is 0.566. The minimum atomic E-state index is 0.435. The van der Waals surface area contributed by atoms with Gasteiger partial charge in [0.25, 0.3) is 0 Å². The van der Waals surface area contributed by atoms with Gasteiger partial charge in [-0.3, -0.25) is 4.90 Å². The van der Waals surface area contributed by atoms with Crippen molar-refractivity contribution in [2.45, 2.75) is 37.2 Å². The number of fused-ring (bicyclic) bond motifs is 3. The maximum atomic E-state index is 4.47. The molecule has 64 valence electrons. The largest absolute Gasteiger partial charge is 0.311 e. The van der Waals surface area contributed by atoms with Crippen LogP contribution in [0.25, 0.3) is 0 Å². The van der Waals surface area contributed by atoms with E-state index >= 15 is 0 Å². The Labute approximate surface area is 73.7 Å². The van der Waals surface area contributed by atoms with Gasteiger partial charge in [0.1, 0.15) is 0 Å². The molecule has 1 N–H and O–H groups in total. The lowest BCUT2D eigenvalue weighted by Crippen LogP contribution is -2.62. The Morgan fingerprint density at radius 2 is 2.36 bits per heavy atom. The maximum Gasteiger partial charge on any atom is 0.0503 e. The molecular formula is C8H16N2S. The van der Waals surface area contributed by atoms with Crippen LogP contribution in [-0.4, -0.2) is 35.4 Å². The summed E-state index contributed by atoms with van der Waals surface area (Å²) in [5.74, 6) is 0. The van der Waals surface area contributed by atoms with Gasteiger partial charge in [0.2, 0.25) is 0 Å². The molecule has 0 aromatic heterocycles. The van der Waals surface area contributed by atoms with Gasteiger partial charge in [-0.15, -0.1) is 0 Å². The standard InChI is InChI=1S/C8H16N2S/c1-6(11)10-5-7-2-3-8(10)4-9-7/h6-9,11H,2-5H2,1H3. The summed E-state index contributed by atoms with van der Waals surface area (Å²) in [6.45, 7) is 4.55. The zero-order valence-corrected chi connectivity index (χ0v) is 7.85. The highest BCUT2D eigenvalue weighted by atomic mass is 32.1. The predicted molar refractivity (Wildman–Crippen MR) is 50.0 cm³/mol. The van der Waals surface area contributed by atoms with Crippen LogP contribution in [0, 0.1) is 0 Å². The number of nitrogens with one attached hydrogen (secondary N) is 1. The van der Waals surface area contributed by atoms with Gasteiger partial charge < -0.3 is 5.32 Å². The number of piperidine rings is 2. The van der Waals surface area contributed by atoms with Crippen molar-refractivity contribution < 1.29 is 0 Å². The molecule has 0 aromatic rings. The van der Waals surface area contributed by atoms with Crippen molar-refractivity contribution in [3.05, 3.63) is 0 Å². The summed E-state index contributed by atoms with van der Waals surface area (Å²) in [4.78, 5) is 2.51. The number of hydrogen-bond acceptors (Lipinski definition) is 3. The van der Waals surface area contributed by atoms with Gasteiger partial charge in [-0.25, -0.2) is 0 Å². The molecule has 0 spiro atoms. The first kappa shape index (κ1) is 7.90. The minimum Gasteiger partial charge on any atom is -0.311 e. The highest BCUT2D eigenvalue weighted by molar-refractivity contribution is 7.80. The van der Waals surface area contributed by atoms with Crippen LogP contribution < -0.4 is 5.32 Å². The molecule has 0 aromatic carbocycles. The molecule has 3 fully saturated rings. The van der Waals surface area contributed by atoms with E-state index < -0.39 is 0 Å². The average Bonchev–Trinajstić information content (AvgIpc) is 2.06. The Balaban J connectivity index is 2.03. The van der Waals surface area contributed by atoms with Gasteiger partial charge in [-0.05, 0) is 19.8 Å². The Bertz CT molecular complexity index is 141. The molecule has 3 rings (SSSR count). The van der Waals surface area contributed by atoms with Gasteiger partial charge in [-0.2, -0.15) is 12.6 Å². The van der Waals surface area contributed by atoms with Crippen LogP contribution in [-0.2, 0) is 0 Å². The van der Waals surface area contributed by atoms with Crippen molar-refractivity contribution in [3.63, 3.8) is 0 Å². The lowest BCUT2D eigenvalue weighted by atomic mass is 9.93. The van der Waals surface area contributed by atoms with E-state index in [0.29, 0.717) is 5.37 Å². The van der Waals surface area contributed by atoms with Crippen molar-refractivity contribution >= 4 is 12.6 Å². The second-order valence-corrected chi connectivity index (χ2v) is 4.41. The topological polar surface area (TPSA) is 15.3 Å². The number of hydrogen-bond donors (Lipinski definition) is 2. The third-order valence-electron chi connectivity index (χ3n) is 2.87. The van der Waals surface area contributed by atoms with Crippen molar-refractivity contribution in [1.29, 1.82) is 0 Å². The number of thiol groups is 1. The average molecular weight is 172 g/mol. The highest BCUT2D eigenvalue weighted by Crippen LogP contribution is 2.24. The Hall–Kier alpha value is 0.270. The zero-order valence-electron chi connectivity index (χ0n) is 6.95. The normalized spacial score (nSPS) is 40.9. The van der Waals surface area contributed by atoms with E-state index in [2.05, 4.69) is 29.8 Å². The molecule has 3 saturated heterocycles. The van der Waals surface area contributed by atoms with Gasteiger partial charge in [-0.1, -0.05) is 0 Å². The number of piperazine rings is 1. The van der Waals surface area contributed by atoms with Crippen molar-refractivity contribution in [2.75, 3.05) is 13.1 Å². The van der Waals surface area contributed by atoms with Crippen molar-refractivity contribution in [1.82, 2.24) is 10.2 Å². The van der Waals surface area contributed by atoms with Crippen LogP contribution in [0.2, 0.25) is 0 Å². The summed E-state index contributed by atoms with van der Waals surface area (Å²) < 4.78 is 0. The fourth-order valence-corrected chi connectivity index (χ4v) is 2.48. The van der Waals surface area contributed by atoms with E-state index in [1.807, 2.05) is 0 Å². The Morgan fingerprint density at radius 1 is 1.55 bits per heavy atom. The zero-order chi connectivity index (χ0) is 7.84. The molecule has 3 unspecified atom stereocenters. The summed E-state index contributed by atoms with van der Waals surface area (Å²) in [5.41, 5.74) is 0. The summed E-state index contributed by atoms with van der Waals surface area (Å²) in [6, 6.07) is 1.50. The van der Waals surface area contributed by atoms with E-state index in [1.54, 1.807) is 0 Å². The second kappa shape index (κ2) is 2.96. The van der Waals surface area contributed by atoms with Crippen LogP contribution in [0.5, 0.6) is 0 Å². The molecule has 3 heteroatoms. The first-order valence-electron chi connectivity index (χ1n) is 4.44. The molecule has 0 radical (unpaired) electrons. The van der Waals surface area contributed by atoms with Gasteiger partial charge in [0, 0.05) is 25.2 Å². The molecule has 0 saturated carbocycles. The van der Waals surface area contributed by atoms with Gasteiger partial charge in [0.05, 0.1) is 5.37 Å². The highest BCUT2D eigenvalue weighted by Gasteiger charge is 2.34. The molecule has 3 atom stereocenters. The molecule has 2 bridgehead atoms. The van der Waals surface area contributed by atoms with Crippen LogP contribution in [0.4, 0.5) is 0 Å². The molecular weight excluding hydrogens is 156 g/mol. The van der Waals surface area contributed by atoms with E-state index in [-0.39, 0.29) is 0 Å². The second-order valence-electron chi connectivity index (χ2n) is 3.67. The third kappa shape index (κ3) is 1.42. The van der Waals surface area contributed by atoms with E-state index in [4.69, 9.17) is 0 Å². The molecule has 0 aliphatic carbocycles. The summed E-state index contributed by atoms with van der Waals surface area (Å²) in [5, 5.41) is 3.96. The molecule has 0 amide bonds. The molecule has 11 heavy (non-hydrogen) atoms. The summed E-state index contributed by atoms with van der Waals surface area (Å²) >= 11 is 4.47. The SMILES string of the molecule is CC(S)N1CC2CCC1CN2. The Kier molecular flexibility index (Phi) is 2.12. The lowest BCUT2D eigenvalue weighted by molar-refractivity contribution is 0.0708. The fraction of sp³-hybridized carbons (Fsp3) is 1.00.